The molecule has 1 aromatic rings. The molecule has 3 N–H and O–H groups in total. The van der Waals surface area contributed by atoms with Crippen LogP contribution in [0.3, 0.4) is 0 Å². The molecule has 0 aliphatic heterocycles. The van der Waals surface area contributed by atoms with E-state index in [9.17, 15) is 4.79 Å². The number of benzene rings is 1. The number of hydrogen-bond acceptors (Lipinski definition) is 2. The number of rotatable bonds is 6. The molecule has 1 rings (SSSR count). The number of aryl methyl sites for hydroxylation is 1. The number of carbonyl (C=O) groups excluding carboxylic acids is 1. The Hall–Kier alpha value is -1.35. The average molecular weight is 248 g/mol. The number of nitrogens with two attached hydrogens (primary N) is 1. The van der Waals surface area contributed by atoms with Crippen LogP contribution in [0.5, 0.6) is 0 Å². The Kier molecular flexibility index (Phi) is 5.35. The molecule has 0 aliphatic carbocycles. The lowest BCUT2D eigenvalue weighted by molar-refractivity contribution is -0.125. The van der Waals surface area contributed by atoms with Gasteiger partial charge in [0.15, 0.2) is 0 Å². The Morgan fingerprint density at radius 2 is 1.78 bits per heavy atom. The van der Waals surface area contributed by atoms with Gasteiger partial charge in [0.05, 0.1) is 5.54 Å². The Bertz CT molecular complexity index is 376. The first-order chi connectivity index (χ1) is 8.43. The van der Waals surface area contributed by atoms with E-state index in [0.29, 0.717) is 6.54 Å². The van der Waals surface area contributed by atoms with Crippen LogP contribution >= 0.6 is 0 Å². The van der Waals surface area contributed by atoms with Crippen LogP contribution in [0.25, 0.3) is 0 Å². The van der Waals surface area contributed by atoms with Crippen LogP contribution < -0.4 is 11.1 Å². The maximum absolute atomic E-state index is 11.6. The summed E-state index contributed by atoms with van der Waals surface area (Å²) in [5, 5.41) is 2.84. The highest BCUT2D eigenvalue weighted by Crippen LogP contribution is 2.08. The molecule has 100 valence electrons. The van der Waals surface area contributed by atoms with Crippen LogP contribution in [0, 0.1) is 0 Å². The Morgan fingerprint density at radius 1 is 1.22 bits per heavy atom. The fourth-order valence-corrected chi connectivity index (χ4v) is 1.61. The van der Waals surface area contributed by atoms with Crippen LogP contribution in [0.1, 0.15) is 44.7 Å². The lowest BCUT2D eigenvalue weighted by Crippen LogP contribution is -2.48. The van der Waals surface area contributed by atoms with E-state index in [1.807, 2.05) is 0 Å². The Balaban J connectivity index is 2.46. The van der Waals surface area contributed by atoms with E-state index >= 15 is 0 Å². The minimum absolute atomic E-state index is 0.127. The minimum Gasteiger partial charge on any atom is -0.350 e. The van der Waals surface area contributed by atoms with Gasteiger partial charge in [0.2, 0.25) is 5.91 Å². The van der Waals surface area contributed by atoms with Gasteiger partial charge in [-0.3, -0.25) is 4.79 Å². The third-order valence-corrected chi connectivity index (χ3v) is 2.88. The first-order valence-corrected chi connectivity index (χ1v) is 6.58. The van der Waals surface area contributed by atoms with E-state index in [-0.39, 0.29) is 5.91 Å². The summed E-state index contributed by atoms with van der Waals surface area (Å²) < 4.78 is 0. The van der Waals surface area contributed by atoms with Crippen molar-refractivity contribution in [3.05, 3.63) is 35.4 Å². The summed E-state index contributed by atoms with van der Waals surface area (Å²) in [5.74, 6) is -0.127. The maximum atomic E-state index is 11.6. The first-order valence-electron chi connectivity index (χ1n) is 6.58. The van der Waals surface area contributed by atoms with Crippen molar-refractivity contribution in [2.75, 3.05) is 0 Å². The zero-order valence-electron chi connectivity index (χ0n) is 11.6. The van der Waals surface area contributed by atoms with E-state index in [1.54, 1.807) is 13.8 Å². The predicted octanol–water partition coefficient (Wildman–Crippen LogP) is 2.38. The van der Waals surface area contributed by atoms with Crippen molar-refractivity contribution in [3.63, 3.8) is 0 Å². The van der Waals surface area contributed by atoms with Crippen LogP contribution in [0.2, 0.25) is 0 Å². The molecule has 0 atom stereocenters. The zero-order valence-corrected chi connectivity index (χ0v) is 11.6. The van der Waals surface area contributed by atoms with Crippen molar-refractivity contribution in [1.29, 1.82) is 0 Å². The van der Waals surface area contributed by atoms with Crippen LogP contribution in [0.4, 0.5) is 0 Å². The number of amides is 1. The molecule has 0 bridgehead atoms. The van der Waals surface area contributed by atoms with E-state index in [4.69, 9.17) is 5.73 Å². The standard InChI is InChI=1S/C15H24N2O/c1-4-5-6-12-7-9-13(10-8-12)11-17-14(18)15(2,3)16/h7-10H,4-6,11,16H2,1-3H3,(H,17,18). The van der Waals surface area contributed by atoms with Gasteiger partial charge in [-0.1, -0.05) is 37.6 Å². The van der Waals surface area contributed by atoms with Gasteiger partial charge in [0, 0.05) is 6.54 Å². The summed E-state index contributed by atoms with van der Waals surface area (Å²) in [6.07, 6.45) is 3.56. The highest BCUT2D eigenvalue weighted by molar-refractivity contribution is 5.84. The largest absolute Gasteiger partial charge is 0.350 e. The molecule has 1 aromatic carbocycles. The lowest BCUT2D eigenvalue weighted by atomic mass is 10.0. The summed E-state index contributed by atoms with van der Waals surface area (Å²) in [4.78, 5) is 11.6. The molecule has 3 heteroatoms. The molecule has 0 spiro atoms. The average Bonchev–Trinajstić information content (AvgIpc) is 2.33. The monoisotopic (exact) mass is 248 g/mol. The number of unbranched alkanes of at least 4 members (excludes halogenated alkanes) is 1. The highest BCUT2D eigenvalue weighted by Gasteiger charge is 2.20. The SMILES string of the molecule is CCCCc1ccc(CNC(=O)C(C)(C)N)cc1. The van der Waals surface area contributed by atoms with Gasteiger partial charge in [-0.2, -0.15) is 0 Å². The van der Waals surface area contributed by atoms with Crippen molar-refractivity contribution in [2.45, 2.75) is 52.1 Å². The van der Waals surface area contributed by atoms with Gasteiger partial charge in [-0.25, -0.2) is 0 Å². The fourth-order valence-electron chi connectivity index (χ4n) is 1.61. The van der Waals surface area contributed by atoms with Crippen LogP contribution in [-0.4, -0.2) is 11.4 Å². The second kappa shape index (κ2) is 6.55. The fraction of sp³-hybridized carbons (Fsp3) is 0.533. The van der Waals surface area contributed by atoms with Gasteiger partial charge in [-0.05, 0) is 37.8 Å². The molecular formula is C15H24N2O. The van der Waals surface area contributed by atoms with Gasteiger partial charge in [0.25, 0.3) is 0 Å². The smallest absolute Gasteiger partial charge is 0.239 e. The molecule has 0 aliphatic rings. The number of nitrogens with one attached hydrogen (secondary N) is 1. The van der Waals surface area contributed by atoms with Gasteiger partial charge in [-0.15, -0.1) is 0 Å². The second-order valence-corrected chi connectivity index (χ2v) is 5.32. The summed E-state index contributed by atoms with van der Waals surface area (Å²) in [6, 6.07) is 8.39. The van der Waals surface area contributed by atoms with Crippen molar-refractivity contribution >= 4 is 5.91 Å². The summed E-state index contributed by atoms with van der Waals surface area (Å²) in [7, 11) is 0. The quantitative estimate of drug-likeness (QED) is 0.812. The third kappa shape index (κ3) is 4.88. The molecule has 0 saturated heterocycles. The van der Waals surface area contributed by atoms with Gasteiger partial charge in [0.1, 0.15) is 0 Å². The van der Waals surface area contributed by atoms with E-state index in [1.165, 1.54) is 18.4 Å². The molecule has 0 saturated carbocycles. The van der Waals surface area contributed by atoms with Gasteiger partial charge < -0.3 is 11.1 Å². The Labute approximate surface area is 110 Å². The van der Waals surface area contributed by atoms with E-state index in [0.717, 1.165) is 12.0 Å². The van der Waals surface area contributed by atoms with Crippen molar-refractivity contribution in [2.24, 2.45) is 5.73 Å². The normalized spacial score (nSPS) is 11.3. The molecule has 0 radical (unpaired) electrons. The zero-order chi connectivity index (χ0) is 13.6. The Morgan fingerprint density at radius 3 is 2.28 bits per heavy atom. The molecule has 0 heterocycles. The molecule has 1 amide bonds. The maximum Gasteiger partial charge on any atom is 0.239 e. The lowest BCUT2D eigenvalue weighted by Gasteiger charge is -2.17. The molecule has 0 unspecified atom stereocenters. The molecule has 0 aromatic heterocycles. The van der Waals surface area contributed by atoms with Crippen molar-refractivity contribution in [1.82, 2.24) is 5.32 Å². The number of carbonyl (C=O) groups is 1. The van der Waals surface area contributed by atoms with Gasteiger partial charge >= 0.3 is 0 Å². The predicted molar refractivity (Wildman–Crippen MR) is 75.2 cm³/mol. The topological polar surface area (TPSA) is 55.1 Å². The first kappa shape index (κ1) is 14.7. The third-order valence-electron chi connectivity index (χ3n) is 2.88. The molecule has 0 fully saturated rings. The molecule has 18 heavy (non-hydrogen) atoms. The van der Waals surface area contributed by atoms with E-state index < -0.39 is 5.54 Å². The second-order valence-electron chi connectivity index (χ2n) is 5.32. The molecule has 3 nitrogen and oxygen atoms in total. The summed E-state index contributed by atoms with van der Waals surface area (Å²) >= 11 is 0. The summed E-state index contributed by atoms with van der Waals surface area (Å²) in [6.45, 7) is 6.14. The molecular weight excluding hydrogens is 224 g/mol. The van der Waals surface area contributed by atoms with Crippen molar-refractivity contribution < 1.29 is 4.79 Å². The minimum atomic E-state index is -0.818. The van der Waals surface area contributed by atoms with Crippen LogP contribution in [-0.2, 0) is 17.8 Å². The van der Waals surface area contributed by atoms with E-state index in [2.05, 4.69) is 36.5 Å². The van der Waals surface area contributed by atoms with Crippen LogP contribution in [0.15, 0.2) is 24.3 Å². The summed E-state index contributed by atoms with van der Waals surface area (Å²) in [5.41, 5.74) is 7.35. The number of hydrogen-bond donors (Lipinski definition) is 2. The van der Waals surface area contributed by atoms with Crippen molar-refractivity contribution in [3.8, 4) is 0 Å². The highest BCUT2D eigenvalue weighted by atomic mass is 16.2.